The summed E-state index contributed by atoms with van der Waals surface area (Å²) in [5.41, 5.74) is 0.101. The predicted molar refractivity (Wildman–Crippen MR) is 65.3 cm³/mol. The average molecular weight is 267 g/mol. The molecule has 0 saturated heterocycles. The average Bonchev–Trinajstić information content (AvgIpc) is 2.32. The van der Waals surface area contributed by atoms with E-state index < -0.39 is 11.7 Å². The molecule has 0 aliphatic rings. The monoisotopic (exact) mass is 266 g/mol. The summed E-state index contributed by atoms with van der Waals surface area (Å²) < 4.78 is 13.4. The normalized spacial score (nSPS) is 10.1. The topological polar surface area (TPSA) is 62.2 Å². The first kappa shape index (κ1) is 12.3. The molecule has 92 valence electrons. The van der Waals surface area contributed by atoms with Crippen LogP contribution in [0.2, 0.25) is 5.02 Å². The summed E-state index contributed by atoms with van der Waals surface area (Å²) in [6, 6.07) is 4.78. The predicted octanol–water partition coefficient (Wildman–Crippen LogP) is 2.83. The summed E-state index contributed by atoms with van der Waals surface area (Å²) in [6.45, 7) is 0. The van der Waals surface area contributed by atoms with Gasteiger partial charge < -0.3 is 10.4 Å². The standard InChI is InChI=1S/C12H8ClFN2O2/c13-9-3-4-15-6-11(9)16-12(18)8-2-1-7(17)5-10(8)14/h1-6,17H,(H,16,18). The molecule has 1 aromatic carbocycles. The van der Waals surface area contributed by atoms with Gasteiger partial charge in [-0.05, 0) is 18.2 Å². The first-order chi connectivity index (χ1) is 8.58. The SMILES string of the molecule is O=C(Nc1cnccc1Cl)c1ccc(O)cc1F. The van der Waals surface area contributed by atoms with Crippen LogP contribution in [0.25, 0.3) is 0 Å². The Balaban J connectivity index is 2.25. The molecule has 1 amide bonds. The fourth-order valence-corrected chi connectivity index (χ4v) is 1.50. The molecule has 0 aliphatic heterocycles. The minimum Gasteiger partial charge on any atom is -0.508 e. The van der Waals surface area contributed by atoms with Crippen molar-refractivity contribution in [2.75, 3.05) is 5.32 Å². The highest BCUT2D eigenvalue weighted by atomic mass is 35.5. The number of nitrogens with one attached hydrogen (secondary N) is 1. The van der Waals surface area contributed by atoms with Gasteiger partial charge in [-0.1, -0.05) is 11.6 Å². The zero-order valence-corrected chi connectivity index (χ0v) is 9.78. The van der Waals surface area contributed by atoms with Gasteiger partial charge in [0.05, 0.1) is 22.5 Å². The van der Waals surface area contributed by atoms with Crippen molar-refractivity contribution in [3.05, 3.63) is 53.1 Å². The van der Waals surface area contributed by atoms with Gasteiger partial charge in [-0.3, -0.25) is 9.78 Å². The zero-order chi connectivity index (χ0) is 13.1. The van der Waals surface area contributed by atoms with Crippen molar-refractivity contribution >= 4 is 23.2 Å². The molecule has 6 heteroatoms. The van der Waals surface area contributed by atoms with Crippen LogP contribution in [-0.2, 0) is 0 Å². The van der Waals surface area contributed by atoms with Gasteiger partial charge in [-0.25, -0.2) is 4.39 Å². The highest BCUT2D eigenvalue weighted by Gasteiger charge is 2.13. The van der Waals surface area contributed by atoms with Gasteiger partial charge in [-0.2, -0.15) is 0 Å². The van der Waals surface area contributed by atoms with E-state index in [1.54, 1.807) is 0 Å². The Morgan fingerprint density at radius 2 is 2.17 bits per heavy atom. The van der Waals surface area contributed by atoms with E-state index in [2.05, 4.69) is 10.3 Å². The number of phenols is 1. The quantitative estimate of drug-likeness (QED) is 0.879. The van der Waals surface area contributed by atoms with Crippen molar-refractivity contribution in [2.45, 2.75) is 0 Å². The number of carbonyl (C=O) groups excluding carboxylic acids is 1. The molecule has 0 saturated carbocycles. The van der Waals surface area contributed by atoms with E-state index >= 15 is 0 Å². The molecule has 2 aromatic rings. The van der Waals surface area contributed by atoms with Crippen molar-refractivity contribution in [1.29, 1.82) is 0 Å². The second-order valence-corrected chi connectivity index (χ2v) is 3.88. The zero-order valence-electron chi connectivity index (χ0n) is 9.02. The number of hydrogen-bond acceptors (Lipinski definition) is 3. The number of amides is 1. The van der Waals surface area contributed by atoms with E-state index in [0.717, 1.165) is 6.07 Å². The molecule has 0 fully saturated rings. The molecule has 0 atom stereocenters. The summed E-state index contributed by atoms with van der Waals surface area (Å²) >= 11 is 5.83. The molecule has 1 aromatic heterocycles. The van der Waals surface area contributed by atoms with Crippen LogP contribution >= 0.6 is 11.6 Å². The van der Waals surface area contributed by atoms with Crippen LogP contribution in [0, 0.1) is 5.82 Å². The Hall–Kier alpha value is -2.14. The molecule has 2 rings (SSSR count). The van der Waals surface area contributed by atoms with Crippen LogP contribution in [0.15, 0.2) is 36.7 Å². The van der Waals surface area contributed by atoms with Crippen molar-refractivity contribution in [3.8, 4) is 5.75 Å². The summed E-state index contributed by atoms with van der Waals surface area (Å²) in [5, 5.41) is 11.8. The molecule has 0 bridgehead atoms. The van der Waals surface area contributed by atoms with E-state index in [1.807, 2.05) is 0 Å². The van der Waals surface area contributed by atoms with Gasteiger partial charge in [0.2, 0.25) is 0 Å². The van der Waals surface area contributed by atoms with Gasteiger partial charge >= 0.3 is 0 Å². The molecule has 2 N–H and O–H groups in total. The van der Waals surface area contributed by atoms with Crippen molar-refractivity contribution in [2.24, 2.45) is 0 Å². The summed E-state index contributed by atoms with van der Waals surface area (Å²) in [5.74, 6) is -1.72. The lowest BCUT2D eigenvalue weighted by molar-refractivity contribution is 0.102. The molecule has 0 radical (unpaired) electrons. The number of halogens is 2. The number of benzene rings is 1. The van der Waals surface area contributed by atoms with Gasteiger partial charge in [0.25, 0.3) is 5.91 Å². The van der Waals surface area contributed by atoms with Crippen molar-refractivity contribution in [3.63, 3.8) is 0 Å². The molecular weight excluding hydrogens is 259 g/mol. The van der Waals surface area contributed by atoms with Crippen molar-refractivity contribution < 1.29 is 14.3 Å². The number of phenolic OH excluding ortho intramolecular Hbond substituents is 1. The molecule has 1 heterocycles. The lowest BCUT2D eigenvalue weighted by Crippen LogP contribution is -2.14. The first-order valence-corrected chi connectivity index (χ1v) is 5.35. The lowest BCUT2D eigenvalue weighted by atomic mass is 10.2. The van der Waals surface area contributed by atoms with Gasteiger partial charge in [-0.15, -0.1) is 0 Å². The fourth-order valence-electron chi connectivity index (χ4n) is 1.35. The Morgan fingerprint density at radius 3 is 2.83 bits per heavy atom. The minimum absolute atomic E-state index is 0.187. The maximum absolute atomic E-state index is 13.4. The van der Waals surface area contributed by atoms with Crippen LogP contribution in [0.5, 0.6) is 5.75 Å². The third kappa shape index (κ3) is 2.57. The van der Waals surface area contributed by atoms with E-state index in [1.165, 1.54) is 30.6 Å². The third-order valence-electron chi connectivity index (χ3n) is 2.21. The van der Waals surface area contributed by atoms with E-state index in [9.17, 15) is 9.18 Å². The third-order valence-corrected chi connectivity index (χ3v) is 2.54. The smallest absolute Gasteiger partial charge is 0.258 e. The molecular formula is C12H8ClFN2O2. The van der Waals surface area contributed by atoms with E-state index in [-0.39, 0.29) is 17.0 Å². The number of hydrogen-bond donors (Lipinski definition) is 2. The summed E-state index contributed by atoms with van der Waals surface area (Å²) in [6.07, 6.45) is 2.83. The first-order valence-electron chi connectivity index (χ1n) is 4.97. The number of nitrogens with zero attached hydrogens (tertiary/aromatic N) is 1. The van der Waals surface area contributed by atoms with E-state index in [4.69, 9.17) is 16.7 Å². The Morgan fingerprint density at radius 1 is 1.39 bits per heavy atom. The van der Waals surface area contributed by atoms with Crippen LogP contribution in [0.1, 0.15) is 10.4 Å². The van der Waals surface area contributed by atoms with Gasteiger partial charge in [0.15, 0.2) is 0 Å². The summed E-state index contributed by atoms with van der Waals surface area (Å²) in [7, 11) is 0. The maximum atomic E-state index is 13.4. The van der Waals surface area contributed by atoms with Crippen molar-refractivity contribution in [1.82, 2.24) is 4.98 Å². The summed E-state index contributed by atoms with van der Waals surface area (Å²) in [4.78, 5) is 15.6. The number of aromatic hydroxyl groups is 1. The number of aromatic nitrogens is 1. The largest absolute Gasteiger partial charge is 0.508 e. The second kappa shape index (κ2) is 5.01. The molecule has 4 nitrogen and oxygen atoms in total. The Bertz CT molecular complexity index is 604. The molecule has 0 spiro atoms. The van der Waals surface area contributed by atoms with Crippen LogP contribution < -0.4 is 5.32 Å². The van der Waals surface area contributed by atoms with Gasteiger partial charge in [0.1, 0.15) is 11.6 Å². The highest BCUT2D eigenvalue weighted by Crippen LogP contribution is 2.21. The number of rotatable bonds is 2. The van der Waals surface area contributed by atoms with Gasteiger partial charge in [0, 0.05) is 12.3 Å². The number of carbonyl (C=O) groups is 1. The lowest BCUT2D eigenvalue weighted by Gasteiger charge is -2.07. The van der Waals surface area contributed by atoms with Crippen LogP contribution in [0.4, 0.5) is 10.1 Å². The molecule has 0 aliphatic carbocycles. The van der Waals surface area contributed by atoms with Crippen LogP contribution in [0.3, 0.4) is 0 Å². The Kier molecular flexibility index (Phi) is 3.43. The van der Waals surface area contributed by atoms with Crippen LogP contribution in [-0.4, -0.2) is 16.0 Å². The fraction of sp³-hybridized carbons (Fsp3) is 0. The molecule has 0 unspecified atom stereocenters. The maximum Gasteiger partial charge on any atom is 0.258 e. The molecule has 18 heavy (non-hydrogen) atoms. The number of anilines is 1. The minimum atomic E-state index is -0.812. The highest BCUT2D eigenvalue weighted by molar-refractivity contribution is 6.33. The Labute approximate surface area is 107 Å². The number of pyridine rings is 1. The second-order valence-electron chi connectivity index (χ2n) is 3.47. The van der Waals surface area contributed by atoms with E-state index in [0.29, 0.717) is 5.02 Å².